The SMILES string of the molecule is CNCCNc1cc(C2CCOCC2)cc(Nc2cc(Nc3ccccc3P(C)(C)=O)c(Cl)cn2)n1. The molecular formula is C26H34ClN6O2P. The Bertz CT molecular complexity index is 1230. The Hall–Kier alpha value is -2.64. The van der Waals surface area contributed by atoms with Gasteiger partial charge in [-0.25, -0.2) is 9.97 Å². The van der Waals surface area contributed by atoms with E-state index in [9.17, 15) is 4.57 Å². The first kappa shape index (κ1) is 26.4. The average molecular weight is 529 g/mol. The van der Waals surface area contributed by atoms with Crippen LogP contribution >= 0.6 is 18.7 Å². The molecule has 0 radical (unpaired) electrons. The van der Waals surface area contributed by atoms with Crippen molar-refractivity contribution >= 4 is 52.9 Å². The first-order valence-corrected chi connectivity index (χ1v) is 15.1. The highest BCUT2D eigenvalue weighted by molar-refractivity contribution is 7.70. The Balaban J connectivity index is 1.60. The molecule has 0 aliphatic carbocycles. The van der Waals surface area contributed by atoms with Gasteiger partial charge in [0, 0.05) is 43.4 Å². The highest BCUT2D eigenvalue weighted by Crippen LogP contribution is 2.39. The van der Waals surface area contributed by atoms with Gasteiger partial charge >= 0.3 is 0 Å². The van der Waals surface area contributed by atoms with Crippen LogP contribution < -0.4 is 26.6 Å². The zero-order chi connectivity index (χ0) is 25.5. The zero-order valence-corrected chi connectivity index (χ0v) is 22.6. The van der Waals surface area contributed by atoms with E-state index in [-0.39, 0.29) is 0 Å². The first-order valence-electron chi connectivity index (χ1n) is 12.2. The third kappa shape index (κ3) is 6.98. The second kappa shape index (κ2) is 12.1. The van der Waals surface area contributed by atoms with Crippen molar-refractivity contribution in [3.05, 3.63) is 59.2 Å². The number of hydrogen-bond donors (Lipinski definition) is 4. The Kier molecular flexibility index (Phi) is 8.86. The van der Waals surface area contributed by atoms with Gasteiger partial charge < -0.3 is 30.6 Å². The van der Waals surface area contributed by atoms with Crippen LogP contribution in [0.3, 0.4) is 0 Å². The lowest BCUT2D eigenvalue weighted by Crippen LogP contribution is -2.19. The smallest absolute Gasteiger partial charge is 0.134 e. The minimum atomic E-state index is -2.48. The summed E-state index contributed by atoms with van der Waals surface area (Å²) in [6.45, 7) is 6.67. The Morgan fingerprint density at radius 1 is 1.00 bits per heavy atom. The van der Waals surface area contributed by atoms with Crippen molar-refractivity contribution in [3.63, 3.8) is 0 Å². The zero-order valence-electron chi connectivity index (χ0n) is 21.0. The summed E-state index contributed by atoms with van der Waals surface area (Å²) < 4.78 is 18.3. The van der Waals surface area contributed by atoms with Gasteiger partial charge in [-0.2, -0.15) is 0 Å². The maximum absolute atomic E-state index is 12.8. The largest absolute Gasteiger partial charge is 0.381 e. The van der Waals surface area contributed by atoms with Gasteiger partial charge in [-0.3, -0.25) is 0 Å². The number of nitrogens with zero attached hydrogens (tertiary/aromatic N) is 2. The van der Waals surface area contributed by atoms with Crippen LogP contribution in [0.4, 0.5) is 28.8 Å². The predicted octanol–water partition coefficient (Wildman–Crippen LogP) is 5.39. The van der Waals surface area contributed by atoms with E-state index in [1.54, 1.807) is 19.5 Å². The predicted molar refractivity (Wildman–Crippen MR) is 151 cm³/mol. The monoisotopic (exact) mass is 528 g/mol. The van der Waals surface area contributed by atoms with E-state index in [1.165, 1.54) is 5.56 Å². The van der Waals surface area contributed by atoms with Gasteiger partial charge in [0.05, 0.1) is 16.9 Å². The quantitative estimate of drug-likeness (QED) is 0.205. The van der Waals surface area contributed by atoms with Crippen molar-refractivity contribution in [2.45, 2.75) is 18.8 Å². The molecule has 192 valence electrons. The van der Waals surface area contributed by atoms with Crippen LogP contribution in [0.1, 0.15) is 24.3 Å². The summed E-state index contributed by atoms with van der Waals surface area (Å²) >= 11 is 6.47. The highest BCUT2D eigenvalue weighted by atomic mass is 35.5. The van der Waals surface area contributed by atoms with E-state index in [2.05, 4.69) is 38.4 Å². The van der Waals surface area contributed by atoms with Crippen LogP contribution in [-0.2, 0) is 9.30 Å². The molecule has 2 aromatic heterocycles. The summed E-state index contributed by atoms with van der Waals surface area (Å²) in [5.74, 6) is 2.56. The van der Waals surface area contributed by atoms with Gasteiger partial charge in [0.25, 0.3) is 0 Å². The van der Waals surface area contributed by atoms with E-state index in [4.69, 9.17) is 21.3 Å². The molecule has 0 unspecified atom stereocenters. The van der Waals surface area contributed by atoms with E-state index in [0.717, 1.165) is 56.0 Å². The molecule has 1 saturated heterocycles. The van der Waals surface area contributed by atoms with E-state index in [1.807, 2.05) is 37.4 Å². The van der Waals surface area contributed by atoms with Crippen LogP contribution in [0.15, 0.2) is 48.7 Å². The maximum Gasteiger partial charge on any atom is 0.134 e. The molecule has 0 bridgehead atoms. The van der Waals surface area contributed by atoms with E-state index in [0.29, 0.717) is 28.3 Å². The van der Waals surface area contributed by atoms with Gasteiger partial charge in [-0.05, 0) is 69.0 Å². The lowest BCUT2D eigenvalue weighted by molar-refractivity contribution is 0.0853. The minimum absolute atomic E-state index is 0.429. The Labute approximate surface area is 218 Å². The normalized spacial score (nSPS) is 14.4. The van der Waals surface area contributed by atoms with Gasteiger partial charge in [0.15, 0.2) is 0 Å². The number of rotatable bonds is 10. The number of hydrogen-bond acceptors (Lipinski definition) is 8. The maximum atomic E-state index is 12.8. The number of aromatic nitrogens is 2. The van der Waals surface area contributed by atoms with Crippen LogP contribution in [0.5, 0.6) is 0 Å². The third-order valence-electron chi connectivity index (χ3n) is 6.09. The fourth-order valence-electron chi connectivity index (χ4n) is 4.22. The number of halogens is 1. The molecule has 0 amide bonds. The van der Waals surface area contributed by atoms with Crippen LogP contribution in [0.25, 0.3) is 0 Å². The highest BCUT2D eigenvalue weighted by Gasteiger charge is 2.19. The van der Waals surface area contributed by atoms with Crippen molar-refractivity contribution < 1.29 is 9.30 Å². The standard InChI is InChI=1S/C26H34ClN6O2P/c1-28-10-11-29-24-14-19(18-8-12-35-13-9-18)15-26(32-24)33-25-16-22(20(27)17-30-25)31-21-6-4-5-7-23(21)36(2,3)34/h4-7,14-18,28H,8-13H2,1-3H3,(H3,29,30,31,32,33). The van der Waals surface area contributed by atoms with E-state index >= 15 is 0 Å². The van der Waals surface area contributed by atoms with E-state index < -0.39 is 7.14 Å². The summed E-state index contributed by atoms with van der Waals surface area (Å²) in [5.41, 5.74) is 2.66. The van der Waals surface area contributed by atoms with Crippen molar-refractivity contribution in [2.24, 2.45) is 0 Å². The molecular weight excluding hydrogens is 495 g/mol. The summed E-state index contributed by atoms with van der Waals surface area (Å²) in [5, 5.41) is 14.5. The van der Waals surface area contributed by atoms with Gasteiger partial charge in [-0.1, -0.05) is 23.7 Å². The minimum Gasteiger partial charge on any atom is -0.381 e. The molecule has 8 nitrogen and oxygen atoms in total. The average Bonchev–Trinajstić information content (AvgIpc) is 2.86. The Morgan fingerprint density at radius 2 is 1.75 bits per heavy atom. The molecule has 1 aliphatic rings. The lowest BCUT2D eigenvalue weighted by Gasteiger charge is -2.23. The number of ether oxygens (including phenoxy) is 1. The number of likely N-dealkylation sites (N-methyl/N-ethyl adjacent to an activating group) is 1. The summed E-state index contributed by atoms with van der Waals surface area (Å²) in [4.78, 5) is 9.23. The molecule has 0 atom stereocenters. The topological polar surface area (TPSA) is 100 Å². The summed E-state index contributed by atoms with van der Waals surface area (Å²) in [6.07, 6.45) is 3.58. The molecule has 0 spiro atoms. The summed E-state index contributed by atoms with van der Waals surface area (Å²) in [6, 6.07) is 13.6. The van der Waals surface area contributed by atoms with Crippen LogP contribution in [0, 0.1) is 0 Å². The number of pyridine rings is 2. The molecule has 0 saturated carbocycles. The molecule has 1 fully saturated rings. The number of para-hydroxylation sites is 1. The van der Waals surface area contributed by atoms with Gasteiger partial charge in [0.1, 0.15) is 24.6 Å². The van der Waals surface area contributed by atoms with Crippen molar-refractivity contribution in [2.75, 3.05) is 62.6 Å². The molecule has 3 heterocycles. The molecule has 4 N–H and O–H groups in total. The molecule has 36 heavy (non-hydrogen) atoms. The first-order chi connectivity index (χ1) is 17.3. The van der Waals surface area contributed by atoms with Crippen molar-refractivity contribution in [3.8, 4) is 0 Å². The number of nitrogens with one attached hydrogen (secondary N) is 4. The molecule has 1 aromatic carbocycles. The number of anilines is 5. The van der Waals surface area contributed by atoms with Crippen LogP contribution in [0.2, 0.25) is 5.02 Å². The van der Waals surface area contributed by atoms with Gasteiger partial charge in [0.2, 0.25) is 0 Å². The lowest BCUT2D eigenvalue weighted by atomic mass is 9.92. The number of benzene rings is 1. The van der Waals surface area contributed by atoms with Crippen molar-refractivity contribution in [1.29, 1.82) is 0 Å². The van der Waals surface area contributed by atoms with Crippen molar-refractivity contribution in [1.82, 2.24) is 15.3 Å². The Morgan fingerprint density at radius 3 is 2.50 bits per heavy atom. The fourth-order valence-corrected chi connectivity index (χ4v) is 5.52. The second-order valence-corrected chi connectivity index (χ2v) is 12.8. The molecule has 10 heteroatoms. The molecule has 4 rings (SSSR count). The molecule has 1 aliphatic heterocycles. The van der Waals surface area contributed by atoms with Crippen LogP contribution in [-0.4, -0.2) is 56.6 Å². The third-order valence-corrected chi connectivity index (χ3v) is 7.94. The second-order valence-electron chi connectivity index (χ2n) is 9.26. The fraction of sp³-hybridized carbons (Fsp3) is 0.385. The van der Waals surface area contributed by atoms with Gasteiger partial charge in [-0.15, -0.1) is 0 Å². The molecule has 3 aromatic rings. The summed E-state index contributed by atoms with van der Waals surface area (Å²) in [7, 11) is -0.551.